The van der Waals surface area contributed by atoms with Gasteiger partial charge in [-0.05, 0) is 18.2 Å². The molecule has 1 N–H and O–H groups in total. The molecule has 0 amide bonds. The van der Waals surface area contributed by atoms with E-state index in [9.17, 15) is 14.7 Å². The van der Waals surface area contributed by atoms with Crippen molar-refractivity contribution in [2.75, 3.05) is 13.2 Å². The summed E-state index contributed by atoms with van der Waals surface area (Å²) in [5.74, 6) is -0.313. The van der Waals surface area contributed by atoms with Crippen LogP contribution in [0.2, 0.25) is 0 Å². The molecule has 0 saturated carbocycles. The normalized spacial score (nSPS) is 11.5. The van der Waals surface area contributed by atoms with Gasteiger partial charge in [-0.25, -0.2) is 4.79 Å². The average Bonchev–Trinajstić information content (AvgIpc) is 2.77. The maximum atomic E-state index is 12.7. The number of ether oxygens (including phenoxy) is 2. The number of hydrogen-bond acceptors (Lipinski definition) is 5. The molecular weight excluding hydrogens is 356 g/mol. The van der Waals surface area contributed by atoms with E-state index < -0.39 is 12.1 Å². The molecule has 0 aromatic heterocycles. The van der Waals surface area contributed by atoms with Crippen LogP contribution >= 0.6 is 0 Å². The second-order valence-electron chi connectivity index (χ2n) is 6.12. The predicted octanol–water partition coefficient (Wildman–Crippen LogP) is 3.51. The number of rotatable bonds is 8. The fourth-order valence-electron chi connectivity index (χ4n) is 2.61. The lowest BCUT2D eigenvalue weighted by Crippen LogP contribution is -2.25. The van der Waals surface area contributed by atoms with Gasteiger partial charge in [0.2, 0.25) is 0 Å². The van der Waals surface area contributed by atoms with E-state index >= 15 is 0 Å². The first-order valence-electron chi connectivity index (χ1n) is 8.87. The number of aliphatic hydroxyl groups is 1. The molecule has 1 unspecified atom stereocenters. The van der Waals surface area contributed by atoms with Gasteiger partial charge in [0.25, 0.3) is 0 Å². The monoisotopic (exact) mass is 376 g/mol. The van der Waals surface area contributed by atoms with Crippen LogP contribution in [0.5, 0.6) is 5.75 Å². The maximum Gasteiger partial charge on any atom is 0.338 e. The highest BCUT2D eigenvalue weighted by Gasteiger charge is 2.20. The highest BCUT2D eigenvalue weighted by Crippen LogP contribution is 2.16. The Bertz CT molecular complexity index is 922. The van der Waals surface area contributed by atoms with Crippen molar-refractivity contribution in [2.24, 2.45) is 0 Å². The molecule has 5 heteroatoms. The van der Waals surface area contributed by atoms with Crippen molar-refractivity contribution in [1.29, 1.82) is 0 Å². The molecule has 0 aliphatic carbocycles. The number of aliphatic hydroxyl groups excluding tert-OH is 1. The van der Waals surface area contributed by atoms with E-state index in [2.05, 4.69) is 0 Å². The van der Waals surface area contributed by atoms with Gasteiger partial charge < -0.3 is 14.6 Å². The van der Waals surface area contributed by atoms with Crippen molar-refractivity contribution in [3.63, 3.8) is 0 Å². The molecule has 0 spiro atoms. The highest BCUT2D eigenvalue weighted by atomic mass is 16.5. The lowest BCUT2D eigenvalue weighted by atomic mass is 9.98. The number of carbonyl (C=O) groups is 2. The van der Waals surface area contributed by atoms with Crippen molar-refractivity contribution in [3.8, 4) is 5.75 Å². The summed E-state index contributed by atoms with van der Waals surface area (Å²) in [5.41, 5.74) is 0.903. The molecule has 0 aliphatic heterocycles. The first kappa shape index (κ1) is 19.3. The van der Waals surface area contributed by atoms with Gasteiger partial charge in [-0.1, -0.05) is 66.7 Å². The van der Waals surface area contributed by atoms with Crippen LogP contribution in [-0.2, 0) is 4.74 Å². The lowest BCUT2D eigenvalue weighted by molar-refractivity contribution is 0.0129. The third kappa shape index (κ3) is 5.05. The zero-order chi connectivity index (χ0) is 19.8. The Morgan fingerprint density at radius 3 is 2.00 bits per heavy atom. The number of hydrogen-bond donors (Lipinski definition) is 1. The van der Waals surface area contributed by atoms with Crippen LogP contribution in [0.15, 0.2) is 84.9 Å². The van der Waals surface area contributed by atoms with E-state index in [-0.39, 0.29) is 30.1 Å². The van der Waals surface area contributed by atoms with Crippen molar-refractivity contribution < 1.29 is 24.2 Å². The first-order chi connectivity index (χ1) is 13.6. The minimum absolute atomic E-state index is 0.0120. The van der Waals surface area contributed by atoms with Gasteiger partial charge in [-0.15, -0.1) is 0 Å². The van der Waals surface area contributed by atoms with Crippen LogP contribution < -0.4 is 4.74 Å². The predicted molar refractivity (Wildman–Crippen MR) is 105 cm³/mol. The van der Waals surface area contributed by atoms with E-state index in [0.29, 0.717) is 11.3 Å². The van der Waals surface area contributed by atoms with Crippen LogP contribution in [0.1, 0.15) is 26.3 Å². The van der Waals surface area contributed by atoms with E-state index in [0.717, 1.165) is 0 Å². The molecule has 3 aromatic rings. The Morgan fingerprint density at radius 2 is 1.32 bits per heavy atom. The molecule has 0 radical (unpaired) electrons. The molecule has 28 heavy (non-hydrogen) atoms. The largest absolute Gasteiger partial charge is 0.491 e. The molecule has 142 valence electrons. The molecule has 0 heterocycles. The van der Waals surface area contributed by atoms with Gasteiger partial charge in [0.15, 0.2) is 5.78 Å². The molecule has 3 rings (SSSR count). The zero-order valence-electron chi connectivity index (χ0n) is 15.2. The fourth-order valence-corrected chi connectivity index (χ4v) is 2.61. The number of esters is 1. The third-order valence-corrected chi connectivity index (χ3v) is 4.02. The van der Waals surface area contributed by atoms with Crippen LogP contribution in [0.4, 0.5) is 0 Å². The molecular formula is C23H20O5. The molecule has 0 fully saturated rings. The lowest BCUT2D eigenvalue weighted by Gasteiger charge is -2.14. The van der Waals surface area contributed by atoms with Crippen LogP contribution in [0, 0.1) is 0 Å². The van der Waals surface area contributed by atoms with Gasteiger partial charge >= 0.3 is 5.97 Å². The molecule has 0 aliphatic rings. The van der Waals surface area contributed by atoms with Gasteiger partial charge in [-0.2, -0.15) is 0 Å². The Kier molecular flexibility index (Phi) is 6.54. The topological polar surface area (TPSA) is 72.8 Å². The summed E-state index contributed by atoms with van der Waals surface area (Å²) in [6, 6.07) is 24.2. The Morgan fingerprint density at radius 1 is 0.750 bits per heavy atom. The summed E-state index contributed by atoms with van der Waals surface area (Å²) in [4.78, 5) is 25.1. The van der Waals surface area contributed by atoms with Crippen molar-refractivity contribution in [3.05, 3.63) is 102 Å². The van der Waals surface area contributed by atoms with Crippen molar-refractivity contribution in [2.45, 2.75) is 6.10 Å². The second-order valence-corrected chi connectivity index (χ2v) is 6.12. The summed E-state index contributed by atoms with van der Waals surface area (Å²) in [5, 5.41) is 9.99. The minimum Gasteiger partial charge on any atom is -0.491 e. The average molecular weight is 376 g/mol. The molecule has 0 bridgehead atoms. The first-order valence-corrected chi connectivity index (χ1v) is 8.87. The van der Waals surface area contributed by atoms with Crippen molar-refractivity contribution in [1.82, 2.24) is 0 Å². The molecule has 0 saturated heterocycles. The molecule has 3 aromatic carbocycles. The summed E-state index contributed by atoms with van der Waals surface area (Å²) in [6.07, 6.45) is -0.985. The van der Waals surface area contributed by atoms with E-state index in [4.69, 9.17) is 9.47 Å². The number of para-hydroxylation sites is 1. The van der Waals surface area contributed by atoms with Gasteiger partial charge in [0, 0.05) is 11.1 Å². The number of ketones is 1. The minimum atomic E-state index is -0.985. The summed E-state index contributed by atoms with van der Waals surface area (Å²) in [6.45, 7) is -0.249. The van der Waals surface area contributed by atoms with E-state index in [1.54, 1.807) is 54.6 Å². The van der Waals surface area contributed by atoms with Crippen LogP contribution in [0.25, 0.3) is 0 Å². The maximum absolute atomic E-state index is 12.7. The summed E-state index contributed by atoms with van der Waals surface area (Å²) < 4.78 is 10.6. The number of benzene rings is 3. The van der Waals surface area contributed by atoms with Gasteiger partial charge in [0.05, 0.1) is 5.56 Å². The third-order valence-electron chi connectivity index (χ3n) is 4.02. The second kappa shape index (κ2) is 9.48. The van der Waals surface area contributed by atoms with Crippen molar-refractivity contribution >= 4 is 11.8 Å². The smallest absolute Gasteiger partial charge is 0.338 e. The van der Waals surface area contributed by atoms with E-state index in [1.165, 1.54) is 6.07 Å². The zero-order valence-corrected chi connectivity index (χ0v) is 15.2. The quantitative estimate of drug-likeness (QED) is 0.481. The Balaban J connectivity index is 1.61. The SMILES string of the molecule is O=C(OCC(O)COc1ccccc1)c1ccccc1C(=O)c1ccccc1. The van der Waals surface area contributed by atoms with Crippen LogP contribution in [0.3, 0.4) is 0 Å². The van der Waals surface area contributed by atoms with E-state index in [1.807, 2.05) is 24.3 Å². The summed E-state index contributed by atoms with van der Waals surface area (Å²) in [7, 11) is 0. The fraction of sp³-hybridized carbons (Fsp3) is 0.130. The van der Waals surface area contributed by atoms with Gasteiger partial charge in [-0.3, -0.25) is 4.79 Å². The van der Waals surface area contributed by atoms with Crippen LogP contribution in [-0.4, -0.2) is 36.2 Å². The number of carbonyl (C=O) groups excluding carboxylic acids is 2. The molecule has 1 atom stereocenters. The van der Waals surface area contributed by atoms with Gasteiger partial charge in [0.1, 0.15) is 25.1 Å². The Labute approximate surface area is 163 Å². The molecule has 5 nitrogen and oxygen atoms in total. The highest BCUT2D eigenvalue weighted by molar-refractivity contribution is 6.14. The summed E-state index contributed by atoms with van der Waals surface area (Å²) >= 11 is 0. The Hall–Kier alpha value is -3.44. The standard InChI is InChI=1S/C23H20O5/c24-18(15-27-19-11-5-2-6-12-19)16-28-23(26)21-14-8-7-13-20(21)22(25)17-9-3-1-4-10-17/h1-14,18,24H,15-16H2.